The van der Waals surface area contributed by atoms with Crippen molar-refractivity contribution in [3.05, 3.63) is 83.2 Å². The van der Waals surface area contributed by atoms with Gasteiger partial charge in [0.2, 0.25) is 5.78 Å². The van der Waals surface area contributed by atoms with Gasteiger partial charge in [0.05, 0.1) is 11.3 Å². The summed E-state index contributed by atoms with van der Waals surface area (Å²) >= 11 is 0. The monoisotopic (exact) mass is 567 g/mol. The van der Waals surface area contributed by atoms with E-state index in [0.29, 0.717) is 17.0 Å². The van der Waals surface area contributed by atoms with Gasteiger partial charge in [-0.3, -0.25) is 9.52 Å². The summed E-state index contributed by atoms with van der Waals surface area (Å²) in [4.78, 5) is 20.7. The number of nitrogens with one attached hydrogen (secondary N) is 3. The van der Waals surface area contributed by atoms with Crippen LogP contribution in [0.25, 0.3) is 22.2 Å². The summed E-state index contributed by atoms with van der Waals surface area (Å²) in [6.45, 7) is 3.85. The fourth-order valence-corrected chi connectivity index (χ4v) is 5.89. The molecule has 3 N–H and O–H groups in total. The lowest BCUT2D eigenvalue weighted by atomic mass is 9.90. The van der Waals surface area contributed by atoms with E-state index in [1.165, 1.54) is 31.6 Å². The van der Waals surface area contributed by atoms with Gasteiger partial charge in [-0.1, -0.05) is 31.2 Å². The molecule has 3 heterocycles. The second kappa shape index (κ2) is 11.4. The van der Waals surface area contributed by atoms with Gasteiger partial charge in [-0.05, 0) is 67.6 Å². The maximum atomic E-state index is 15.4. The van der Waals surface area contributed by atoms with Crippen molar-refractivity contribution in [1.29, 1.82) is 0 Å². The van der Waals surface area contributed by atoms with Crippen molar-refractivity contribution in [2.75, 3.05) is 31.4 Å². The van der Waals surface area contributed by atoms with Crippen molar-refractivity contribution in [1.82, 2.24) is 19.6 Å². The summed E-state index contributed by atoms with van der Waals surface area (Å²) < 4.78 is 58.0. The molecular weight excluding hydrogens is 536 g/mol. The molecule has 1 fully saturated rings. The number of hydrogen-bond donors (Lipinski definition) is 3. The summed E-state index contributed by atoms with van der Waals surface area (Å²) in [6.07, 6.45) is 6.38. The predicted octanol–water partition coefficient (Wildman–Crippen LogP) is 4.89. The average molecular weight is 568 g/mol. The normalized spacial score (nSPS) is 14.6. The highest BCUT2D eigenvalue weighted by Crippen LogP contribution is 2.30. The highest BCUT2D eigenvalue weighted by atomic mass is 32.2. The van der Waals surface area contributed by atoms with Gasteiger partial charge in [0.15, 0.2) is 5.82 Å². The summed E-state index contributed by atoms with van der Waals surface area (Å²) in [6, 6.07) is 11.8. The third-order valence-corrected chi connectivity index (χ3v) is 9.02. The quantitative estimate of drug-likeness (QED) is 0.250. The molecule has 0 radical (unpaired) electrons. The first kappa shape index (κ1) is 27.9. The molecule has 11 heteroatoms. The van der Waals surface area contributed by atoms with Gasteiger partial charge in [0, 0.05) is 42.5 Å². The maximum absolute atomic E-state index is 15.4. The van der Waals surface area contributed by atoms with Crippen LogP contribution in [0.1, 0.15) is 41.3 Å². The van der Waals surface area contributed by atoms with Crippen LogP contribution in [0.15, 0.2) is 54.9 Å². The fraction of sp³-hybridized carbons (Fsp3) is 0.310. The highest BCUT2D eigenvalue weighted by Gasteiger charge is 2.27. The van der Waals surface area contributed by atoms with Crippen molar-refractivity contribution < 1.29 is 22.0 Å². The van der Waals surface area contributed by atoms with E-state index in [1.54, 1.807) is 19.2 Å². The Morgan fingerprint density at radius 1 is 1.10 bits per heavy atom. The Balaban J connectivity index is 1.44. The molecule has 0 amide bonds. The smallest absolute Gasteiger partial charge is 0.301 e. The molecule has 1 saturated heterocycles. The molecule has 0 saturated carbocycles. The summed E-state index contributed by atoms with van der Waals surface area (Å²) in [5.41, 5.74) is 1.94. The van der Waals surface area contributed by atoms with Crippen LogP contribution in [0.2, 0.25) is 0 Å². The van der Waals surface area contributed by atoms with Crippen molar-refractivity contribution in [3.8, 4) is 11.1 Å². The van der Waals surface area contributed by atoms with E-state index in [-0.39, 0.29) is 12.1 Å². The minimum Gasteiger partial charge on any atom is -0.345 e. The van der Waals surface area contributed by atoms with Crippen LogP contribution in [0, 0.1) is 17.6 Å². The van der Waals surface area contributed by atoms with Crippen LogP contribution in [0.3, 0.4) is 0 Å². The van der Waals surface area contributed by atoms with Gasteiger partial charge < -0.3 is 10.3 Å². The average Bonchev–Trinajstić information content (AvgIpc) is 3.38. The van der Waals surface area contributed by atoms with Crippen molar-refractivity contribution in [2.45, 2.75) is 26.2 Å². The molecule has 210 valence electrons. The number of H-pyrrole nitrogens is 1. The zero-order valence-corrected chi connectivity index (χ0v) is 23.1. The lowest BCUT2D eigenvalue weighted by Gasteiger charge is -2.22. The number of carbonyl (C=O) groups excluding carboxylic acids is 1. The van der Waals surface area contributed by atoms with Crippen LogP contribution in [-0.4, -0.2) is 55.2 Å². The molecule has 8 nitrogen and oxygen atoms in total. The zero-order valence-electron chi connectivity index (χ0n) is 22.3. The number of carbonyl (C=O) groups is 1. The molecule has 2 aromatic heterocycles. The number of aromatic amines is 1. The van der Waals surface area contributed by atoms with Gasteiger partial charge in [-0.15, -0.1) is 0 Å². The molecule has 4 aromatic rings. The van der Waals surface area contributed by atoms with Gasteiger partial charge >= 0.3 is 10.2 Å². The molecule has 0 unspecified atom stereocenters. The molecule has 0 bridgehead atoms. The fourth-order valence-electron chi connectivity index (χ4n) is 4.96. The number of nitrogens with zero attached hydrogens (tertiary/aromatic N) is 2. The minimum absolute atomic E-state index is 0.0235. The molecule has 2 aromatic carbocycles. The third kappa shape index (κ3) is 5.63. The first-order valence-electron chi connectivity index (χ1n) is 13.2. The molecule has 0 spiro atoms. The minimum atomic E-state index is -4.09. The Labute approximate surface area is 232 Å². The number of ketones is 1. The topological polar surface area (TPSA) is 107 Å². The van der Waals surface area contributed by atoms with Gasteiger partial charge in [-0.25, -0.2) is 13.8 Å². The first-order chi connectivity index (χ1) is 19.2. The Morgan fingerprint density at radius 2 is 1.82 bits per heavy atom. The molecular formula is C29H31F2N5O3S. The van der Waals surface area contributed by atoms with Crippen molar-refractivity contribution >= 4 is 32.7 Å². The number of aromatic nitrogens is 2. The van der Waals surface area contributed by atoms with Crippen LogP contribution in [0.4, 0.5) is 14.5 Å². The molecule has 1 aliphatic heterocycles. The summed E-state index contributed by atoms with van der Waals surface area (Å²) in [5, 5.41) is 3.79. The zero-order chi connectivity index (χ0) is 28.4. The Morgan fingerprint density at radius 3 is 2.52 bits per heavy atom. The second-order valence-electron chi connectivity index (χ2n) is 10.1. The molecule has 40 heavy (non-hydrogen) atoms. The lowest BCUT2D eigenvalue weighted by molar-refractivity contribution is 0.103. The Hall–Kier alpha value is -3.67. The second-order valence-corrected chi connectivity index (χ2v) is 11.8. The summed E-state index contributed by atoms with van der Waals surface area (Å²) in [7, 11) is -2.77. The SMILES string of the molecule is CCN(C)S(=O)(=O)Nc1ccc(F)c(C(=O)c2c[nH]c3ncc(-c4ccc(CC5CCNCC5)cc4)cc23)c1F. The van der Waals surface area contributed by atoms with Crippen LogP contribution < -0.4 is 10.0 Å². The van der Waals surface area contributed by atoms with E-state index in [1.807, 2.05) is 12.1 Å². The molecule has 0 atom stereocenters. The molecule has 5 rings (SSSR count). The number of benzene rings is 2. The standard InChI is InChI=1S/C29H31F2N5O3S/c1-3-36(2)40(38,39)35-25-9-8-24(30)26(27(25)31)28(37)23-17-34-29-22(23)15-21(16-33-29)20-6-4-18(5-7-20)14-19-10-12-32-13-11-19/h4-9,15-17,19,32,35H,3,10-14H2,1-2H3,(H,33,34). The number of pyridine rings is 1. The number of rotatable bonds is 9. The number of piperidine rings is 1. The van der Waals surface area contributed by atoms with Gasteiger partial charge in [-0.2, -0.15) is 12.7 Å². The predicted molar refractivity (Wildman–Crippen MR) is 151 cm³/mol. The first-order valence-corrected chi connectivity index (χ1v) is 14.7. The Kier molecular flexibility index (Phi) is 7.97. The molecule has 0 aliphatic carbocycles. The number of fused-ring (bicyclic) bond motifs is 1. The number of hydrogen-bond acceptors (Lipinski definition) is 5. The lowest BCUT2D eigenvalue weighted by Crippen LogP contribution is -2.32. The Bertz CT molecular complexity index is 1650. The third-order valence-electron chi connectivity index (χ3n) is 7.46. The van der Waals surface area contributed by atoms with Crippen LogP contribution in [0.5, 0.6) is 0 Å². The number of halogens is 2. The molecule has 1 aliphatic rings. The highest BCUT2D eigenvalue weighted by molar-refractivity contribution is 7.90. The van der Waals surface area contributed by atoms with E-state index in [4.69, 9.17) is 0 Å². The van der Waals surface area contributed by atoms with E-state index >= 15 is 4.39 Å². The number of anilines is 1. The van der Waals surface area contributed by atoms with E-state index in [2.05, 4.69) is 32.1 Å². The van der Waals surface area contributed by atoms with E-state index in [0.717, 1.165) is 47.1 Å². The van der Waals surface area contributed by atoms with E-state index < -0.39 is 38.9 Å². The largest absolute Gasteiger partial charge is 0.345 e. The summed E-state index contributed by atoms with van der Waals surface area (Å²) in [5.74, 6) is -2.65. The van der Waals surface area contributed by atoms with Gasteiger partial charge in [0.1, 0.15) is 11.5 Å². The van der Waals surface area contributed by atoms with Crippen LogP contribution >= 0.6 is 0 Å². The maximum Gasteiger partial charge on any atom is 0.301 e. The van der Waals surface area contributed by atoms with Crippen LogP contribution in [-0.2, 0) is 16.6 Å². The van der Waals surface area contributed by atoms with Crippen molar-refractivity contribution in [3.63, 3.8) is 0 Å². The van der Waals surface area contributed by atoms with Gasteiger partial charge in [0.25, 0.3) is 0 Å². The van der Waals surface area contributed by atoms with E-state index in [9.17, 15) is 17.6 Å². The van der Waals surface area contributed by atoms with Crippen molar-refractivity contribution in [2.24, 2.45) is 5.92 Å².